The van der Waals surface area contributed by atoms with Crippen LogP contribution in [0.15, 0.2) is 61.2 Å². The minimum Gasteiger partial charge on any atom is -0.507 e. The number of aromatic nitrogens is 3. The Hall–Kier alpha value is -3.87. The summed E-state index contributed by atoms with van der Waals surface area (Å²) >= 11 is 0. The highest BCUT2D eigenvalue weighted by Gasteiger charge is 2.24. The normalized spacial score (nSPS) is 10.9. The summed E-state index contributed by atoms with van der Waals surface area (Å²) in [5.41, 5.74) is 3.22. The Kier molecular flexibility index (Phi) is 5.34. The van der Waals surface area contributed by atoms with Crippen LogP contribution < -0.4 is 4.74 Å². The van der Waals surface area contributed by atoms with Gasteiger partial charge in [0.25, 0.3) is 0 Å². The highest BCUT2D eigenvalue weighted by atomic mass is 16.5. The molecule has 0 bridgehead atoms. The number of carbonyl (C=O) groups is 1. The van der Waals surface area contributed by atoms with E-state index in [-0.39, 0.29) is 19.0 Å². The van der Waals surface area contributed by atoms with Crippen molar-refractivity contribution in [2.75, 3.05) is 6.61 Å². The van der Waals surface area contributed by atoms with Gasteiger partial charge in [0.05, 0.1) is 24.1 Å². The number of hydrogen-bond donors (Lipinski definition) is 1. The molecule has 3 aromatic heterocycles. The molecule has 0 aliphatic carbocycles. The molecule has 0 amide bonds. The van der Waals surface area contributed by atoms with E-state index in [0.29, 0.717) is 28.0 Å². The molecule has 0 atom stereocenters. The predicted octanol–water partition coefficient (Wildman–Crippen LogP) is 4.10. The minimum atomic E-state index is -0.457. The maximum Gasteiger partial charge on any atom is 0.340 e. The highest BCUT2D eigenvalue weighted by Crippen LogP contribution is 2.37. The van der Waals surface area contributed by atoms with Crippen LogP contribution in [0.2, 0.25) is 0 Å². The molecule has 3 heterocycles. The quantitative estimate of drug-likeness (QED) is 0.488. The molecule has 1 aromatic carbocycles. The fraction of sp³-hybridized carbons (Fsp3) is 0.174. The number of esters is 1. The van der Waals surface area contributed by atoms with Gasteiger partial charge in [-0.1, -0.05) is 6.07 Å². The highest BCUT2D eigenvalue weighted by molar-refractivity contribution is 6.07. The lowest BCUT2D eigenvalue weighted by molar-refractivity contribution is 0.0525. The van der Waals surface area contributed by atoms with Gasteiger partial charge in [0, 0.05) is 47.7 Å². The fourth-order valence-corrected chi connectivity index (χ4v) is 3.46. The Morgan fingerprint density at radius 2 is 1.90 bits per heavy atom. The van der Waals surface area contributed by atoms with Gasteiger partial charge < -0.3 is 19.1 Å². The summed E-state index contributed by atoms with van der Waals surface area (Å²) in [5.74, 6) is 0.198. The number of carbonyl (C=O) groups excluding carboxylic acids is 1. The van der Waals surface area contributed by atoms with Crippen molar-refractivity contribution in [3.8, 4) is 22.6 Å². The van der Waals surface area contributed by atoms with Crippen LogP contribution in [0.25, 0.3) is 22.0 Å². The molecule has 30 heavy (non-hydrogen) atoms. The molecule has 1 N–H and O–H groups in total. The molecule has 0 aliphatic heterocycles. The molecular formula is C23H21N3O4. The standard InChI is InChI=1S/C23H21N3O4/c1-3-29-23(28)22-18-11-21(27)17(15-6-4-8-24-12-15)10-19(18)26(2)20(22)14-30-16-7-5-9-25-13-16/h4-13,27H,3,14H2,1-2H3. The summed E-state index contributed by atoms with van der Waals surface area (Å²) in [4.78, 5) is 20.9. The summed E-state index contributed by atoms with van der Waals surface area (Å²) in [6.45, 7) is 2.15. The maximum atomic E-state index is 12.8. The van der Waals surface area contributed by atoms with Crippen LogP contribution in [-0.4, -0.2) is 32.2 Å². The zero-order chi connectivity index (χ0) is 21.1. The number of benzene rings is 1. The van der Waals surface area contributed by atoms with Crippen molar-refractivity contribution >= 4 is 16.9 Å². The van der Waals surface area contributed by atoms with Gasteiger partial charge in [-0.05, 0) is 37.3 Å². The van der Waals surface area contributed by atoms with E-state index >= 15 is 0 Å². The van der Waals surface area contributed by atoms with Gasteiger partial charge in [-0.2, -0.15) is 0 Å². The SMILES string of the molecule is CCOC(=O)c1c(COc2cccnc2)n(C)c2cc(-c3cccnc3)c(O)cc12. The zero-order valence-corrected chi connectivity index (χ0v) is 16.7. The van der Waals surface area contributed by atoms with E-state index in [1.54, 1.807) is 56.0 Å². The fourth-order valence-electron chi connectivity index (χ4n) is 3.46. The zero-order valence-electron chi connectivity index (χ0n) is 16.7. The molecule has 0 saturated carbocycles. The van der Waals surface area contributed by atoms with E-state index in [1.807, 2.05) is 23.7 Å². The summed E-state index contributed by atoms with van der Waals surface area (Å²) < 4.78 is 13.0. The molecule has 0 saturated heterocycles. The number of rotatable bonds is 6. The molecule has 4 rings (SSSR count). The van der Waals surface area contributed by atoms with Crippen molar-refractivity contribution in [2.24, 2.45) is 7.05 Å². The number of fused-ring (bicyclic) bond motifs is 1. The number of pyridine rings is 2. The molecule has 0 radical (unpaired) electrons. The molecular weight excluding hydrogens is 382 g/mol. The van der Waals surface area contributed by atoms with Crippen molar-refractivity contribution < 1.29 is 19.4 Å². The van der Waals surface area contributed by atoms with Crippen molar-refractivity contribution in [1.29, 1.82) is 0 Å². The topological polar surface area (TPSA) is 86.5 Å². The average molecular weight is 403 g/mol. The Morgan fingerprint density at radius 1 is 1.13 bits per heavy atom. The predicted molar refractivity (Wildman–Crippen MR) is 112 cm³/mol. The number of aromatic hydroxyl groups is 1. The first-order valence-corrected chi connectivity index (χ1v) is 9.54. The van der Waals surface area contributed by atoms with Crippen molar-refractivity contribution in [3.63, 3.8) is 0 Å². The molecule has 0 unspecified atom stereocenters. The van der Waals surface area contributed by atoms with Gasteiger partial charge in [0.15, 0.2) is 0 Å². The smallest absolute Gasteiger partial charge is 0.340 e. The summed E-state index contributed by atoms with van der Waals surface area (Å²) in [6.07, 6.45) is 6.63. The molecule has 0 fully saturated rings. The number of aryl methyl sites for hydroxylation is 1. The Bertz CT molecular complexity index is 1190. The van der Waals surface area contributed by atoms with E-state index in [2.05, 4.69) is 9.97 Å². The van der Waals surface area contributed by atoms with Crippen molar-refractivity contribution in [2.45, 2.75) is 13.5 Å². The molecule has 0 aliphatic rings. The van der Waals surface area contributed by atoms with Crippen LogP contribution in [0.4, 0.5) is 0 Å². The third-order valence-electron chi connectivity index (χ3n) is 4.90. The van der Waals surface area contributed by atoms with E-state index in [1.165, 1.54) is 0 Å². The average Bonchev–Trinajstić information content (AvgIpc) is 3.04. The van der Waals surface area contributed by atoms with Crippen LogP contribution in [0.1, 0.15) is 23.0 Å². The summed E-state index contributed by atoms with van der Waals surface area (Å²) in [5, 5.41) is 11.3. The van der Waals surface area contributed by atoms with Gasteiger partial charge in [-0.3, -0.25) is 9.97 Å². The van der Waals surface area contributed by atoms with Gasteiger partial charge in [0.1, 0.15) is 18.1 Å². The van der Waals surface area contributed by atoms with Crippen LogP contribution >= 0.6 is 0 Å². The number of phenols is 1. The lowest BCUT2D eigenvalue weighted by Crippen LogP contribution is -2.11. The van der Waals surface area contributed by atoms with Gasteiger partial charge in [0.2, 0.25) is 0 Å². The molecule has 0 spiro atoms. The van der Waals surface area contributed by atoms with Gasteiger partial charge in [-0.25, -0.2) is 4.79 Å². The van der Waals surface area contributed by atoms with Crippen LogP contribution in [0.3, 0.4) is 0 Å². The monoisotopic (exact) mass is 403 g/mol. The molecule has 7 nitrogen and oxygen atoms in total. The second-order valence-electron chi connectivity index (χ2n) is 6.71. The first kappa shape index (κ1) is 19.4. The van der Waals surface area contributed by atoms with E-state index < -0.39 is 5.97 Å². The van der Waals surface area contributed by atoms with Gasteiger partial charge >= 0.3 is 5.97 Å². The Balaban J connectivity index is 1.85. The second kappa shape index (κ2) is 8.24. The van der Waals surface area contributed by atoms with E-state index in [0.717, 1.165) is 11.1 Å². The third-order valence-corrected chi connectivity index (χ3v) is 4.90. The molecule has 7 heteroatoms. The van der Waals surface area contributed by atoms with Crippen LogP contribution in [0.5, 0.6) is 11.5 Å². The Morgan fingerprint density at radius 3 is 2.57 bits per heavy atom. The van der Waals surface area contributed by atoms with Crippen molar-refractivity contribution in [3.05, 3.63) is 72.4 Å². The third kappa shape index (κ3) is 3.57. The minimum absolute atomic E-state index is 0.0615. The Labute approximate surface area is 173 Å². The largest absolute Gasteiger partial charge is 0.507 e. The number of ether oxygens (including phenoxy) is 2. The van der Waals surface area contributed by atoms with Crippen LogP contribution in [-0.2, 0) is 18.4 Å². The first-order chi connectivity index (χ1) is 14.6. The number of phenolic OH excluding ortho intramolecular Hbond substituents is 1. The second-order valence-corrected chi connectivity index (χ2v) is 6.71. The van der Waals surface area contributed by atoms with E-state index in [4.69, 9.17) is 9.47 Å². The van der Waals surface area contributed by atoms with Gasteiger partial charge in [-0.15, -0.1) is 0 Å². The summed E-state index contributed by atoms with van der Waals surface area (Å²) in [6, 6.07) is 10.7. The lowest BCUT2D eigenvalue weighted by Gasteiger charge is -2.09. The number of hydrogen-bond acceptors (Lipinski definition) is 6. The van der Waals surface area contributed by atoms with Crippen LogP contribution in [0, 0.1) is 0 Å². The lowest BCUT2D eigenvalue weighted by atomic mass is 10.0. The molecule has 152 valence electrons. The number of nitrogens with zero attached hydrogens (tertiary/aromatic N) is 3. The first-order valence-electron chi connectivity index (χ1n) is 9.54. The van der Waals surface area contributed by atoms with Crippen molar-refractivity contribution in [1.82, 2.24) is 14.5 Å². The maximum absolute atomic E-state index is 12.8. The van der Waals surface area contributed by atoms with E-state index in [9.17, 15) is 9.90 Å². The molecule has 4 aromatic rings. The summed E-state index contributed by atoms with van der Waals surface area (Å²) in [7, 11) is 1.86.